The second-order valence-electron chi connectivity index (χ2n) is 3.62. The van der Waals surface area contributed by atoms with E-state index in [1.165, 1.54) is 6.07 Å². The van der Waals surface area contributed by atoms with Crippen molar-refractivity contribution in [3.8, 4) is 16.9 Å². The Kier molecular flexibility index (Phi) is 3.88. The summed E-state index contributed by atoms with van der Waals surface area (Å²) < 4.78 is 16.4. The summed E-state index contributed by atoms with van der Waals surface area (Å²) in [5, 5.41) is 0. The minimum Gasteiger partial charge on any atom is -0.419 e. The standard InChI is InChI=1S/C12H10N3O3P/c13-14-15-19(16,17)18-12-9-5-4-8-11(12)10-6-2-1-3-7-10/h1-9H,(H,16,17). The predicted octanol–water partition coefficient (Wildman–Crippen LogP) is 4.14. The van der Waals surface area contributed by atoms with Crippen molar-refractivity contribution in [1.29, 1.82) is 0 Å². The first-order chi connectivity index (χ1) is 9.12. The van der Waals surface area contributed by atoms with Crippen LogP contribution < -0.4 is 4.52 Å². The van der Waals surface area contributed by atoms with Gasteiger partial charge in [-0.3, -0.25) is 0 Å². The van der Waals surface area contributed by atoms with Crippen LogP contribution in [0.15, 0.2) is 59.5 Å². The third-order valence-corrected chi connectivity index (χ3v) is 3.08. The highest BCUT2D eigenvalue weighted by molar-refractivity contribution is 7.51. The summed E-state index contributed by atoms with van der Waals surface area (Å²) in [6.45, 7) is 0. The number of nitrogens with zero attached hydrogens (tertiary/aromatic N) is 3. The van der Waals surface area contributed by atoms with E-state index in [4.69, 9.17) is 10.1 Å². The van der Waals surface area contributed by atoms with Crippen LogP contribution >= 0.6 is 7.75 Å². The molecule has 2 rings (SSSR count). The molecule has 0 radical (unpaired) electrons. The molecule has 96 valence electrons. The first-order valence-electron chi connectivity index (χ1n) is 5.36. The molecule has 0 bridgehead atoms. The van der Waals surface area contributed by atoms with Crippen LogP contribution in [0.25, 0.3) is 21.6 Å². The quantitative estimate of drug-likeness (QED) is 0.393. The van der Waals surface area contributed by atoms with Crippen LogP contribution in [0.1, 0.15) is 0 Å². The summed E-state index contributed by atoms with van der Waals surface area (Å²) in [5.74, 6) is 0.187. The van der Waals surface area contributed by atoms with E-state index in [2.05, 4.69) is 9.80 Å². The Hall–Kier alpha value is -2.26. The Morgan fingerprint density at radius 3 is 2.42 bits per heavy atom. The molecule has 0 heterocycles. The topological polar surface area (TPSA) is 95.3 Å². The van der Waals surface area contributed by atoms with Crippen molar-refractivity contribution >= 4 is 7.75 Å². The van der Waals surface area contributed by atoms with E-state index in [1.54, 1.807) is 18.2 Å². The Morgan fingerprint density at radius 2 is 1.74 bits per heavy atom. The number of azide groups is 1. The molecule has 0 amide bonds. The summed E-state index contributed by atoms with van der Waals surface area (Å²) in [6.07, 6.45) is 0. The third-order valence-electron chi connectivity index (χ3n) is 2.34. The van der Waals surface area contributed by atoms with E-state index in [0.717, 1.165) is 5.56 Å². The van der Waals surface area contributed by atoms with Crippen molar-refractivity contribution in [3.63, 3.8) is 0 Å². The van der Waals surface area contributed by atoms with Crippen LogP contribution in [0.3, 0.4) is 0 Å². The molecule has 6 nitrogen and oxygen atoms in total. The van der Waals surface area contributed by atoms with Gasteiger partial charge in [0.15, 0.2) is 0 Å². The van der Waals surface area contributed by atoms with Gasteiger partial charge in [-0.1, -0.05) is 48.5 Å². The number of hydrogen-bond donors (Lipinski definition) is 1. The molecule has 0 aliphatic carbocycles. The van der Waals surface area contributed by atoms with Crippen molar-refractivity contribution in [2.45, 2.75) is 0 Å². The lowest BCUT2D eigenvalue weighted by atomic mass is 10.1. The summed E-state index contributed by atoms with van der Waals surface area (Å²) >= 11 is 0. The lowest BCUT2D eigenvalue weighted by Crippen LogP contribution is -1.91. The molecule has 0 aliphatic heterocycles. The largest absolute Gasteiger partial charge is 0.468 e. The van der Waals surface area contributed by atoms with Crippen molar-refractivity contribution < 1.29 is 14.0 Å². The van der Waals surface area contributed by atoms with Gasteiger partial charge in [0.2, 0.25) is 0 Å². The third kappa shape index (κ3) is 3.36. The van der Waals surface area contributed by atoms with Gasteiger partial charge in [0.05, 0.1) is 0 Å². The molecule has 0 aliphatic rings. The van der Waals surface area contributed by atoms with Crippen molar-refractivity contribution in [1.82, 2.24) is 0 Å². The Labute approximate surface area is 109 Å². The van der Waals surface area contributed by atoms with E-state index in [0.29, 0.717) is 5.56 Å². The van der Waals surface area contributed by atoms with Gasteiger partial charge in [-0.25, -0.2) is 4.57 Å². The summed E-state index contributed by atoms with van der Waals surface area (Å²) in [7, 11) is -4.35. The molecule has 19 heavy (non-hydrogen) atoms. The maximum Gasteiger partial charge on any atom is 0.468 e. The summed E-state index contributed by atoms with van der Waals surface area (Å²) in [5.41, 5.74) is 9.69. The normalized spacial score (nSPS) is 13.1. The fourth-order valence-electron chi connectivity index (χ4n) is 1.60. The van der Waals surface area contributed by atoms with E-state index >= 15 is 0 Å². The smallest absolute Gasteiger partial charge is 0.419 e. The molecule has 1 atom stereocenters. The molecule has 1 N–H and O–H groups in total. The molecule has 0 fully saturated rings. The zero-order valence-electron chi connectivity index (χ0n) is 9.75. The molecule has 0 spiro atoms. The van der Waals surface area contributed by atoms with Crippen molar-refractivity contribution in [3.05, 3.63) is 65.0 Å². The first-order valence-corrected chi connectivity index (χ1v) is 6.89. The van der Waals surface area contributed by atoms with Gasteiger partial charge in [0, 0.05) is 15.4 Å². The van der Waals surface area contributed by atoms with Crippen LogP contribution in [-0.4, -0.2) is 4.89 Å². The lowest BCUT2D eigenvalue weighted by molar-refractivity contribution is 0.381. The molecule has 7 heteroatoms. The van der Waals surface area contributed by atoms with Crippen LogP contribution in [0.2, 0.25) is 0 Å². The summed E-state index contributed by atoms with van der Waals surface area (Å²) in [6, 6.07) is 16.0. The first kappa shape index (κ1) is 13.2. The Morgan fingerprint density at radius 1 is 1.11 bits per heavy atom. The molecule has 0 saturated carbocycles. The average Bonchev–Trinajstić information content (AvgIpc) is 2.40. The van der Waals surface area contributed by atoms with E-state index < -0.39 is 7.75 Å². The minimum absolute atomic E-state index is 0.187. The molecular formula is C12H10N3O3P. The Balaban J connectivity index is 2.43. The number of para-hydroxylation sites is 1. The molecule has 2 aromatic rings. The second kappa shape index (κ2) is 5.59. The van der Waals surface area contributed by atoms with Crippen molar-refractivity contribution in [2.24, 2.45) is 4.88 Å². The fraction of sp³-hybridized carbons (Fsp3) is 0. The fourth-order valence-corrected chi connectivity index (χ4v) is 2.15. The number of rotatable bonds is 4. The van der Waals surface area contributed by atoms with E-state index in [1.807, 2.05) is 30.3 Å². The van der Waals surface area contributed by atoms with Gasteiger partial charge in [-0.05, 0) is 17.2 Å². The van der Waals surface area contributed by atoms with E-state index in [-0.39, 0.29) is 5.75 Å². The maximum absolute atomic E-state index is 11.5. The molecule has 2 aromatic carbocycles. The maximum atomic E-state index is 11.5. The van der Waals surface area contributed by atoms with Crippen LogP contribution in [0.5, 0.6) is 5.75 Å². The van der Waals surface area contributed by atoms with Gasteiger partial charge in [0.25, 0.3) is 0 Å². The Bertz CT molecular complexity index is 669. The van der Waals surface area contributed by atoms with Gasteiger partial charge in [0.1, 0.15) is 5.75 Å². The predicted molar refractivity (Wildman–Crippen MR) is 71.5 cm³/mol. The summed E-state index contributed by atoms with van der Waals surface area (Å²) in [4.78, 5) is 14.4. The SMILES string of the molecule is [N-]=[N+]=NP(=O)(O)Oc1ccccc1-c1ccccc1. The number of hydrogen-bond acceptors (Lipinski definition) is 2. The molecule has 0 saturated heterocycles. The highest BCUT2D eigenvalue weighted by Gasteiger charge is 2.20. The zero-order valence-corrected chi connectivity index (χ0v) is 10.6. The highest BCUT2D eigenvalue weighted by Crippen LogP contribution is 2.46. The van der Waals surface area contributed by atoms with Crippen LogP contribution in [0, 0.1) is 0 Å². The highest BCUT2D eigenvalue weighted by atomic mass is 31.2. The zero-order chi connectivity index (χ0) is 13.7. The number of benzene rings is 2. The molecular weight excluding hydrogens is 265 g/mol. The average molecular weight is 275 g/mol. The van der Waals surface area contributed by atoms with Gasteiger partial charge in [-0.2, -0.15) is 0 Å². The second-order valence-corrected chi connectivity index (χ2v) is 4.97. The van der Waals surface area contributed by atoms with Gasteiger partial charge >= 0.3 is 7.75 Å². The van der Waals surface area contributed by atoms with Crippen LogP contribution in [-0.2, 0) is 4.57 Å². The van der Waals surface area contributed by atoms with Crippen LogP contribution in [0.4, 0.5) is 0 Å². The van der Waals surface area contributed by atoms with E-state index in [9.17, 15) is 9.46 Å². The van der Waals surface area contributed by atoms with Gasteiger partial charge < -0.3 is 9.42 Å². The minimum atomic E-state index is -4.35. The lowest BCUT2D eigenvalue weighted by Gasteiger charge is -2.12. The molecule has 0 aromatic heterocycles. The van der Waals surface area contributed by atoms with Crippen molar-refractivity contribution in [2.75, 3.05) is 0 Å². The molecule has 1 unspecified atom stereocenters. The van der Waals surface area contributed by atoms with Gasteiger partial charge in [-0.15, -0.1) is 0 Å². The monoisotopic (exact) mass is 275 g/mol.